The van der Waals surface area contributed by atoms with Gasteiger partial charge in [-0.05, 0) is 25.5 Å². The number of amides is 1. The Kier molecular flexibility index (Phi) is 4.35. The Balaban J connectivity index is 1.94. The second-order valence-corrected chi connectivity index (χ2v) is 4.89. The van der Waals surface area contributed by atoms with E-state index in [0.29, 0.717) is 12.1 Å². The average molecular weight is 270 g/mol. The average Bonchev–Trinajstić information content (AvgIpc) is 2.43. The van der Waals surface area contributed by atoms with Gasteiger partial charge in [-0.1, -0.05) is 35.9 Å². The first-order chi connectivity index (χ1) is 9.56. The van der Waals surface area contributed by atoms with E-state index in [0.717, 1.165) is 5.56 Å². The maximum Gasteiger partial charge on any atom is 0.253 e. The summed E-state index contributed by atoms with van der Waals surface area (Å²) in [6.45, 7) is 4.28. The van der Waals surface area contributed by atoms with Crippen LogP contribution in [0.2, 0.25) is 0 Å². The van der Waals surface area contributed by atoms with Crippen molar-refractivity contribution < 1.29 is 4.79 Å². The summed E-state index contributed by atoms with van der Waals surface area (Å²) in [5, 5.41) is 2.81. The maximum absolute atomic E-state index is 11.8. The molecule has 4 heteroatoms. The van der Waals surface area contributed by atoms with Crippen LogP contribution in [0.1, 0.15) is 16.7 Å². The van der Waals surface area contributed by atoms with Gasteiger partial charge in [0.2, 0.25) is 5.91 Å². The molecule has 1 aromatic carbocycles. The summed E-state index contributed by atoms with van der Waals surface area (Å²) >= 11 is 0. The highest BCUT2D eigenvalue weighted by Gasteiger charge is 2.05. The van der Waals surface area contributed by atoms with Gasteiger partial charge in [0.1, 0.15) is 6.54 Å². The molecule has 0 unspecified atom stereocenters. The number of hydrogen-bond donors (Lipinski definition) is 1. The summed E-state index contributed by atoms with van der Waals surface area (Å²) in [6.07, 6.45) is 1.63. The zero-order chi connectivity index (χ0) is 14.5. The molecule has 1 aromatic heterocycles. The van der Waals surface area contributed by atoms with E-state index in [-0.39, 0.29) is 18.0 Å². The van der Waals surface area contributed by atoms with Crippen molar-refractivity contribution in [1.82, 2.24) is 9.88 Å². The Hall–Kier alpha value is -2.36. The monoisotopic (exact) mass is 270 g/mol. The fourth-order valence-electron chi connectivity index (χ4n) is 1.90. The minimum absolute atomic E-state index is 0.0480. The number of nitrogens with zero attached hydrogens (tertiary/aromatic N) is 1. The van der Waals surface area contributed by atoms with Crippen molar-refractivity contribution in [2.45, 2.75) is 26.9 Å². The smallest absolute Gasteiger partial charge is 0.253 e. The van der Waals surface area contributed by atoms with Gasteiger partial charge in [-0.3, -0.25) is 9.59 Å². The minimum atomic E-state index is -0.168. The van der Waals surface area contributed by atoms with Gasteiger partial charge in [-0.15, -0.1) is 0 Å². The van der Waals surface area contributed by atoms with E-state index < -0.39 is 0 Å². The predicted molar refractivity (Wildman–Crippen MR) is 78.5 cm³/mol. The molecule has 20 heavy (non-hydrogen) atoms. The van der Waals surface area contributed by atoms with Crippen LogP contribution in [0.25, 0.3) is 0 Å². The van der Waals surface area contributed by atoms with Crippen molar-refractivity contribution in [3.63, 3.8) is 0 Å². The second-order valence-electron chi connectivity index (χ2n) is 4.89. The number of aromatic nitrogens is 1. The first-order valence-corrected chi connectivity index (χ1v) is 6.54. The molecule has 0 spiro atoms. The molecule has 2 aromatic rings. The fourth-order valence-corrected chi connectivity index (χ4v) is 1.90. The van der Waals surface area contributed by atoms with Gasteiger partial charge in [0, 0.05) is 18.3 Å². The van der Waals surface area contributed by atoms with Crippen LogP contribution in [0, 0.1) is 13.8 Å². The molecule has 104 valence electrons. The van der Waals surface area contributed by atoms with Crippen molar-refractivity contribution in [2.24, 2.45) is 0 Å². The number of benzene rings is 1. The summed E-state index contributed by atoms with van der Waals surface area (Å²) in [7, 11) is 0. The zero-order valence-electron chi connectivity index (χ0n) is 11.7. The third kappa shape index (κ3) is 3.57. The lowest BCUT2D eigenvalue weighted by molar-refractivity contribution is -0.121. The normalized spacial score (nSPS) is 10.3. The summed E-state index contributed by atoms with van der Waals surface area (Å²) in [5.74, 6) is -0.168. The van der Waals surface area contributed by atoms with E-state index in [4.69, 9.17) is 0 Å². The van der Waals surface area contributed by atoms with Crippen LogP contribution in [0.4, 0.5) is 0 Å². The summed E-state index contributed by atoms with van der Waals surface area (Å²) in [4.78, 5) is 23.6. The lowest BCUT2D eigenvalue weighted by Crippen LogP contribution is -2.32. The van der Waals surface area contributed by atoms with Crippen molar-refractivity contribution >= 4 is 5.91 Å². The number of nitrogens with one attached hydrogen (secondary N) is 1. The standard InChI is InChI=1S/C16H18N2O2/c1-12-5-7-14(8-6-12)10-17-15(19)11-18-9-3-4-13(2)16(18)20/h3-9H,10-11H2,1-2H3,(H,17,19). The van der Waals surface area contributed by atoms with Gasteiger partial charge in [-0.2, -0.15) is 0 Å². The molecule has 1 heterocycles. The molecule has 1 N–H and O–H groups in total. The van der Waals surface area contributed by atoms with E-state index in [1.54, 1.807) is 25.3 Å². The van der Waals surface area contributed by atoms with Crippen LogP contribution < -0.4 is 10.9 Å². The van der Waals surface area contributed by atoms with E-state index in [1.165, 1.54) is 10.1 Å². The Morgan fingerprint density at radius 2 is 1.85 bits per heavy atom. The Morgan fingerprint density at radius 3 is 2.55 bits per heavy atom. The Bertz CT molecular complexity index is 657. The van der Waals surface area contributed by atoms with Crippen LogP contribution >= 0.6 is 0 Å². The first kappa shape index (κ1) is 14.1. The molecule has 0 aliphatic carbocycles. The highest BCUT2D eigenvalue weighted by molar-refractivity contribution is 5.75. The number of carbonyl (C=O) groups is 1. The summed E-state index contributed by atoms with van der Waals surface area (Å²) < 4.78 is 1.42. The molecule has 0 aliphatic heterocycles. The highest BCUT2D eigenvalue weighted by Crippen LogP contribution is 2.02. The van der Waals surface area contributed by atoms with Crippen LogP contribution in [-0.2, 0) is 17.9 Å². The number of hydrogen-bond acceptors (Lipinski definition) is 2. The SMILES string of the molecule is Cc1ccc(CNC(=O)Cn2cccc(C)c2=O)cc1. The van der Waals surface area contributed by atoms with Gasteiger partial charge in [0.15, 0.2) is 0 Å². The molecular formula is C16H18N2O2. The number of rotatable bonds is 4. The molecule has 0 fully saturated rings. The second kappa shape index (κ2) is 6.19. The van der Waals surface area contributed by atoms with Crippen LogP contribution in [-0.4, -0.2) is 10.5 Å². The lowest BCUT2D eigenvalue weighted by atomic mass is 10.1. The molecule has 4 nitrogen and oxygen atoms in total. The molecular weight excluding hydrogens is 252 g/mol. The lowest BCUT2D eigenvalue weighted by Gasteiger charge is -2.08. The summed E-state index contributed by atoms with van der Waals surface area (Å²) in [6, 6.07) is 11.5. The molecule has 0 aliphatic rings. The number of aryl methyl sites for hydroxylation is 2. The predicted octanol–water partition coefficient (Wildman–Crippen LogP) is 1.78. The van der Waals surface area contributed by atoms with Crippen molar-refractivity contribution in [3.05, 3.63) is 69.6 Å². The quantitative estimate of drug-likeness (QED) is 0.920. The van der Waals surface area contributed by atoms with Gasteiger partial charge in [0.25, 0.3) is 5.56 Å². The minimum Gasteiger partial charge on any atom is -0.350 e. The third-order valence-electron chi connectivity index (χ3n) is 3.13. The van der Waals surface area contributed by atoms with Crippen LogP contribution in [0.15, 0.2) is 47.4 Å². The number of pyridine rings is 1. The Labute approximate surface area is 118 Å². The molecule has 2 rings (SSSR count). The van der Waals surface area contributed by atoms with Gasteiger partial charge in [0.05, 0.1) is 0 Å². The van der Waals surface area contributed by atoms with Crippen molar-refractivity contribution in [2.75, 3.05) is 0 Å². The topological polar surface area (TPSA) is 51.1 Å². The maximum atomic E-state index is 11.8. The molecule has 1 amide bonds. The molecule has 0 saturated heterocycles. The number of carbonyl (C=O) groups excluding carboxylic acids is 1. The Morgan fingerprint density at radius 1 is 1.15 bits per heavy atom. The van der Waals surface area contributed by atoms with Gasteiger partial charge in [-0.25, -0.2) is 0 Å². The van der Waals surface area contributed by atoms with Crippen LogP contribution in [0.5, 0.6) is 0 Å². The van der Waals surface area contributed by atoms with Crippen molar-refractivity contribution in [1.29, 1.82) is 0 Å². The molecule has 0 bridgehead atoms. The highest BCUT2D eigenvalue weighted by atomic mass is 16.2. The van der Waals surface area contributed by atoms with Crippen LogP contribution in [0.3, 0.4) is 0 Å². The van der Waals surface area contributed by atoms with E-state index in [1.807, 2.05) is 31.2 Å². The first-order valence-electron chi connectivity index (χ1n) is 6.54. The van der Waals surface area contributed by atoms with Gasteiger partial charge >= 0.3 is 0 Å². The largest absolute Gasteiger partial charge is 0.350 e. The van der Waals surface area contributed by atoms with Crippen molar-refractivity contribution in [3.8, 4) is 0 Å². The zero-order valence-corrected chi connectivity index (χ0v) is 11.7. The molecule has 0 atom stereocenters. The van der Waals surface area contributed by atoms with Gasteiger partial charge < -0.3 is 9.88 Å². The fraction of sp³-hybridized carbons (Fsp3) is 0.250. The van der Waals surface area contributed by atoms with E-state index >= 15 is 0 Å². The van der Waals surface area contributed by atoms with E-state index in [9.17, 15) is 9.59 Å². The third-order valence-corrected chi connectivity index (χ3v) is 3.13. The summed E-state index contributed by atoms with van der Waals surface area (Å²) in [5.41, 5.74) is 2.74. The van der Waals surface area contributed by atoms with E-state index in [2.05, 4.69) is 5.32 Å². The molecule has 0 radical (unpaired) electrons. The molecule has 0 saturated carbocycles.